The standard InChI is InChI=1S/C12H12F13IO2/c1-5(13,3-27)8(16,17)12(24,25)10(20,21)6(2,14)9(18,19)11(22,23)7(15,26)4-28/h27-28H,3-4H2,1-2H3. The van der Waals surface area contributed by atoms with E-state index < -0.39 is 71.7 Å². The molecule has 0 saturated carbocycles. The van der Waals surface area contributed by atoms with Crippen LogP contribution < -0.4 is 0 Å². The Balaban J connectivity index is 6.69. The van der Waals surface area contributed by atoms with Crippen LogP contribution in [0, 0.1) is 0 Å². The van der Waals surface area contributed by atoms with E-state index >= 15 is 0 Å². The summed E-state index contributed by atoms with van der Waals surface area (Å²) < 4.78 is 173. The number of alkyl halides is 14. The maximum atomic E-state index is 14.1. The van der Waals surface area contributed by atoms with Crippen molar-refractivity contribution in [1.82, 2.24) is 0 Å². The van der Waals surface area contributed by atoms with Crippen LogP contribution in [0.25, 0.3) is 0 Å². The normalized spacial score (nSPS) is 21.6. The average Bonchev–Trinajstić information content (AvgIpc) is 2.53. The molecular weight excluding hydrogens is 550 g/mol. The Morgan fingerprint density at radius 3 is 1.14 bits per heavy atom. The van der Waals surface area contributed by atoms with Crippen LogP contribution in [-0.2, 0) is 0 Å². The number of halogens is 14. The first kappa shape index (κ1) is 27.7. The molecule has 0 aliphatic rings. The van der Waals surface area contributed by atoms with Crippen molar-refractivity contribution in [3.05, 3.63) is 0 Å². The maximum absolute atomic E-state index is 14.1. The van der Waals surface area contributed by atoms with E-state index in [1.165, 1.54) is 0 Å². The maximum Gasteiger partial charge on any atom is 0.378 e. The molecule has 0 fully saturated rings. The third kappa shape index (κ3) is 3.33. The highest BCUT2D eigenvalue weighted by molar-refractivity contribution is 14.1. The van der Waals surface area contributed by atoms with E-state index in [9.17, 15) is 57.1 Å². The van der Waals surface area contributed by atoms with Crippen LogP contribution in [0.5, 0.6) is 0 Å². The van der Waals surface area contributed by atoms with Gasteiger partial charge in [-0.2, -0.15) is 43.9 Å². The summed E-state index contributed by atoms with van der Waals surface area (Å²) in [4.78, 5) is 0. The molecule has 16 heteroatoms. The molecule has 2 nitrogen and oxygen atoms in total. The first-order chi connectivity index (χ1) is 11.9. The monoisotopic (exact) mass is 562 g/mol. The van der Waals surface area contributed by atoms with Crippen LogP contribution in [0.1, 0.15) is 13.8 Å². The van der Waals surface area contributed by atoms with Crippen molar-refractivity contribution in [2.24, 2.45) is 0 Å². The van der Waals surface area contributed by atoms with Gasteiger partial charge in [0.25, 0.3) is 3.68 Å². The number of rotatable bonds is 9. The minimum Gasteiger partial charge on any atom is -0.393 e. The van der Waals surface area contributed by atoms with E-state index in [1.54, 1.807) is 0 Å². The Kier molecular flexibility index (Phi) is 7.09. The van der Waals surface area contributed by atoms with Crippen molar-refractivity contribution in [3.8, 4) is 0 Å². The summed E-state index contributed by atoms with van der Waals surface area (Å²) in [5, 5.41) is 16.7. The third-order valence-electron chi connectivity index (χ3n) is 3.97. The molecule has 0 spiro atoms. The van der Waals surface area contributed by atoms with Crippen molar-refractivity contribution >= 4 is 22.6 Å². The van der Waals surface area contributed by atoms with E-state index in [0.29, 0.717) is 0 Å². The number of hydrogen-bond acceptors (Lipinski definition) is 2. The first-order valence-electron chi connectivity index (χ1n) is 6.74. The summed E-state index contributed by atoms with van der Waals surface area (Å²) in [7, 11) is 0. The molecular formula is C12H12F13IO2. The lowest BCUT2D eigenvalue weighted by Gasteiger charge is -2.46. The van der Waals surface area contributed by atoms with Gasteiger partial charge in [0.15, 0.2) is 0 Å². The summed E-state index contributed by atoms with van der Waals surface area (Å²) in [6, 6.07) is 0. The van der Waals surface area contributed by atoms with Crippen molar-refractivity contribution in [1.29, 1.82) is 0 Å². The molecule has 28 heavy (non-hydrogen) atoms. The van der Waals surface area contributed by atoms with Crippen LogP contribution in [-0.4, -0.2) is 68.1 Å². The van der Waals surface area contributed by atoms with Crippen molar-refractivity contribution in [3.63, 3.8) is 0 Å². The SMILES string of the molecule is CC(F)(CO)C(F)(F)C(F)(F)C(F)(F)C(C)(F)C(F)(F)C(F)(F)C(F)(I)CO. The van der Waals surface area contributed by atoms with Gasteiger partial charge in [-0.3, -0.25) is 0 Å². The molecule has 0 aromatic rings. The van der Waals surface area contributed by atoms with E-state index in [-0.39, 0.29) is 22.6 Å². The lowest BCUT2D eigenvalue weighted by atomic mass is 9.79. The molecule has 0 rings (SSSR count). The highest BCUT2D eigenvalue weighted by atomic mass is 127. The Bertz CT molecular complexity index is 524. The van der Waals surface area contributed by atoms with E-state index in [0.717, 1.165) is 0 Å². The molecule has 0 bridgehead atoms. The average molecular weight is 562 g/mol. The van der Waals surface area contributed by atoms with Crippen LogP contribution in [0.15, 0.2) is 0 Å². The topological polar surface area (TPSA) is 40.5 Å². The smallest absolute Gasteiger partial charge is 0.378 e. The highest BCUT2D eigenvalue weighted by Crippen LogP contribution is 2.63. The first-order valence-corrected chi connectivity index (χ1v) is 7.81. The zero-order valence-electron chi connectivity index (χ0n) is 13.6. The number of aliphatic hydroxyl groups is 2. The van der Waals surface area contributed by atoms with Gasteiger partial charge >= 0.3 is 29.6 Å². The summed E-state index contributed by atoms with van der Waals surface area (Å²) in [5.74, 6) is -35.4. The van der Waals surface area contributed by atoms with Gasteiger partial charge in [0.05, 0.1) is 13.2 Å². The van der Waals surface area contributed by atoms with E-state index in [4.69, 9.17) is 10.2 Å². The van der Waals surface area contributed by atoms with E-state index in [1.807, 2.05) is 0 Å². The zero-order chi connectivity index (χ0) is 23.4. The van der Waals surface area contributed by atoms with Gasteiger partial charge in [-0.05, 0) is 36.4 Å². The Hall–Kier alpha value is -0.260. The Morgan fingerprint density at radius 2 is 0.857 bits per heavy atom. The van der Waals surface area contributed by atoms with Gasteiger partial charge in [-0.15, -0.1) is 0 Å². The van der Waals surface area contributed by atoms with Gasteiger partial charge in [0.2, 0.25) is 11.3 Å². The zero-order valence-corrected chi connectivity index (χ0v) is 15.8. The van der Waals surface area contributed by atoms with Gasteiger partial charge in [-0.1, -0.05) is 0 Å². The second kappa shape index (κ2) is 7.16. The molecule has 0 saturated heterocycles. The van der Waals surface area contributed by atoms with Crippen molar-refractivity contribution in [2.45, 2.75) is 58.5 Å². The number of hydrogen-bond donors (Lipinski definition) is 2. The van der Waals surface area contributed by atoms with Gasteiger partial charge < -0.3 is 10.2 Å². The quantitative estimate of drug-likeness (QED) is 0.243. The molecule has 2 N–H and O–H groups in total. The second-order valence-corrected chi connectivity index (χ2v) is 7.80. The second-order valence-electron chi connectivity index (χ2n) is 6.09. The third-order valence-corrected chi connectivity index (χ3v) is 4.99. The molecule has 0 aromatic heterocycles. The lowest BCUT2D eigenvalue weighted by Crippen LogP contribution is -2.75. The number of aliphatic hydroxyl groups excluding tert-OH is 2. The van der Waals surface area contributed by atoms with Crippen molar-refractivity contribution in [2.75, 3.05) is 13.2 Å². The van der Waals surface area contributed by atoms with Gasteiger partial charge in [-0.25, -0.2) is 13.2 Å². The van der Waals surface area contributed by atoms with Crippen LogP contribution in [0.2, 0.25) is 0 Å². The Morgan fingerprint density at radius 1 is 0.536 bits per heavy atom. The molecule has 3 unspecified atom stereocenters. The molecule has 3 atom stereocenters. The van der Waals surface area contributed by atoms with Crippen LogP contribution in [0.4, 0.5) is 57.1 Å². The fraction of sp³-hybridized carbons (Fsp3) is 1.00. The summed E-state index contributed by atoms with van der Waals surface area (Å²) in [6.45, 7) is -7.03. The van der Waals surface area contributed by atoms with Gasteiger partial charge in [0.1, 0.15) is 0 Å². The summed E-state index contributed by atoms with van der Waals surface area (Å²) >= 11 is -0.255. The molecule has 0 heterocycles. The molecule has 0 aromatic carbocycles. The molecule has 170 valence electrons. The highest BCUT2D eigenvalue weighted by Gasteiger charge is 2.90. The predicted molar refractivity (Wildman–Crippen MR) is 75.8 cm³/mol. The molecule has 0 aliphatic heterocycles. The largest absolute Gasteiger partial charge is 0.393 e. The van der Waals surface area contributed by atoms with Crippen LogP contribution >= 0.6 is 22.6 Å². The minimum atomic E-state index is -7.44. The fourth-order valence-corrected chi connectivity index (χ4v) is 2.08. The Labute approximate surface area is 162 Å². The fourth-order valence-electron chi connectivity index (χ4n) is 1.74. The van der Waals surface area contributed by atoms with E-state index in [2.05, 4.69) is 0 Å². The van der Waals surface area contributed by atoms with Crippen LogP contribution in [0.3, 0.4) is 0 Å². The van der Waals surface area contributed by atoms with Crippen molar-refractivity contribution < 1.29 is 67.3 Å². The molecule has 0 amide bonds. The minimum absolute atomic E-state index is 0.255. The molecule has 0 radical (unpaired) electrons. The molecule has 0 aliphatic carbocycles. The predicted octanol–water partition coefficient (Wildman–Crippen LogP) is 4.70. The van der Waals surface area contributed by atoms with Gasteiger partial charge in [0, 0.05) is 0 Å². The lowest BCUT2D eigenvalue weighted by molar-refractivity contribution is -0.408. The summed E-state index contributed by atoms with van der Waals surface area (Å²) in [6.07, 6.45) is 0. The summed E-state index contributed by atoms with van der Waals surface area (Å²) in [5.41, 5.74) is -11.5.